The van der Waals surface area contributed by atoms with Crippen molar-refractivity contribution in [3.63, 3.8) is 0 Å². The molecule has 7 aromatic carbocycles. The van der Waals surface area contributed by atoms with Gasteiger partial charge in [-0.3, -0.25) is 4.57 Å². The maximum absolute atomic E-state index is 5.09. The third-order valence-electron chi connectivity index (χ3n) is 14.7. The fraction of sp³-hybridized carbons (Fsp3) is 0.246. The van der Waals surface area contributed by atoms with Crippen LogP contribution in [-0.4, -0.2) is 16.2 Å². The van der Waals surface area contributed by atoms with Crippen molar-refractivity contribution in [2.24, 2.45) is 0 Å². The minimum atomic E-state index is -0.743. The first kappa shape index (κ1) is 45.6. The fourth-order valence-corrected chi connectivity index (χ4v) is 10.5. The Morgan fingerprint density at radius 3 is 1.46 bits per heavy atom. The molecule has 9 aromatic rings. The summed E-state index contributed by atoms with van der Waals surface area (Å²) in [6.07, 6.45) is 1.97. The van der Waals surface area contributed by atoms with Gasteiger partial charge >= 0.3 is 0 Å². The minimum Gasteiger partial charge on any atom is -0.325 e. The Bertz CT molecular complexity index is 3300. The van der Waals surface area contributed by atoms with Crippen LogP contribution in [0.3, 0.4) is 0 Å². The minimum absolute atomic E-state index is 0.00353. The molecule has 0 N–H and O–H groups in total. The van der Waals surface area contributed by atoms with E-state index in [2.05, 4.69) is 273 Å². The molecular weight excluding hydrogens is 837 g/mol. The van der Waals surface area contributed by atoms with Crippen molar-refractivity contribution in [3.8, 4) is 16.9 Å². The van der Waals surface area contributed by atoms with Crippen LogP contribution in [0, 0.1) is 0 Å². The molecule has 0 saturated carbocycles. The van der Waals surface area contributed by atoms with Gasteiger partial charge in [0.15, 0.2) is 0 Å². The second-order valence-corrected chi connectivity index (χ2v) is 22.3. The molecule has 0 aliphatic carbocycles. The van der Waals surface area contributed by atoms with Crippen molar-refractivity contribution >= 4 is 33.2 Å². The molecule has 0 fully saturated rings. The summed E-state index contributed by atoms with van der Waals surface area (Å²) in [6.45, 7) is 26.0. The second-order valence-electron chi connectivity index (χ2n) is 22.3. The number of fused-ring (bicyclic) bond motifs is 3. The van der Waals surface area contributed by atoms with Crippen LogP contribution in [0.5, 0.6) is 0 Å². The van der Waals surface area contributed by atoms with Crippen LogP contribution in [0.1, 0.15) is 115 Å². The van der Waals surface area contributed by atoms with Gasteiger partial charge in [0.1, 0.15) is 5.82 Å². The first-order valence-electron chi connectivity index (χ1n) is 24.6. The lowest BCUT2D eigenvalue weighted by atomic mass is 9.64. The third-order valence-corrected chi connectivity index (χ3v) is 14.7. The molecule has 0 unspecified atom stereocenters. The molecular formula is C65H66N4. The molecule has 0 bridgehead atoms. The van der Waals surface area contributed by atoms with Gasteiger partial charge in [0.05, 0.1) is 23.1 Å². The van der Waals surface area contributed by atoms with Crippen molar-refractivity contribution in [2.75, 3.05) is 16.5 Å². The number of hydrogen-bond acceptors (Lipinski definition) is 3. The Morgan fingerprint density at radius 2 is 0.884 bits per heavy atom. The maximum atomic E-state index is 5.09. The van der Waals surface area contributed by atoms with E-state index < -0.39 is 5.41 Å². The highest BCUT2D eigenvalue weighted by molar-refractivity contribution is 6.09. The maximum Gasteiger partial charge on any atom is 0.137 e. The van der Waals surface area contributed by atoms with E-state index in [1.165, 1.54) is 77.9 Å². The van der Waals surface area contributed by atoms with Crippen LogP contribution in [0.2, 0.25) is 0 Å². The number of rotatable bonds is 8. The quantitative estimate of drug-likeness (QED) is 0.142. The number of aromatic nitrogens is 2. The average molecular weight is 903 g/mol. The summed E-state index contributed by atoms with van der Waals surface area (Å²) < 4.78 is 2.38. The summed E-state index contributed by atoms with van der Waals surface area (Å²) in [6, 6.07) is 68.2. The lowest BCUT2D eigenvalue weighted by Crippen LogP contribution is -2.32. The largest absolute Gasteiger partial charge is 0.325 e. The molecule has 0 amide bonds. The van der Waals surface area contributed by atoms with E-state index in [1.807, 2.05) is 6.20 Å². The van der Waals surface area contributed by atoms with Gasteiger partial charge in [-0.15, -0.1) is 0 Å². The molecule has 10 rings (SSSR count). The number of benzene rings is 7. The lowest BCUT2D eigenvalue weighted by Gasteiger charge is -2.38. The highest BCUT2D eigenvalue weighted by atomic mass is 15.4. The molecule has 0 radical (unpaired) electrons. The van der Waals surface area contributed by atoms with E-state index in [0.717, 1.165) is 22.5 Å². The van der Waals surface area contributed by atoms with Gasteiger partial charge in [0, 0.05) is 39.7 Å². The van der Waals surface area contributed by atoms with Crippen LogP contribution >= 0.6 is 0 Å². The lowest BCUT2D eigenvalue weighted by molar-refractivity contribution is 0.568. The third kappa shape index (κ3) is 8.14. The Hall–Kier alpha value is -7.17. The second kappa shape index (κ2) is 17.1. The van der Waals surface area contributed by atoms with Gasteiger partial charge in [-0.25, -0.2) is 4.98 Å². The molecule has 1 aliphatic rings. The van der Waals surface area contributed by atoms with E-state index in [-0.39, 0.29) is 16.2 Å². The van der Waals surface area contributed by atoms with E-state index in [0.29, 0.717) is 6.67 Å². The Balaban J connectivity index is 1.25. The number of anilines is 2. The first-order chi connectivity index (χ1) is 32.9. The molecule has 69 heavy (non-hydrogen) atoms. The van der Waals surface area contributed by atoms with Crippen molar-refractivity contribution in [3.05, 3.63) is 239 Å². The predicted octanol–water partition coefficient (Wildman–Crippen LogP) is 16.7. The van der Waals surface area contributed by atoms with Crippen LogP contribution in [0.25, 0.3) is 38.8 Å². The van der Waals surface area contributed by atoms with Gasteiger partial charge in [0.25, 0.3) is 0 Å². The SMILES string of the molecule is CC1=C(C)N(c2cc(-c3ccccc3)cc(C(c3ccccc3)(c3ccccc3)c3ccc4c5ccccc5n(-c5cc(C(C)(C)C)ccn5)c4c3)c2)CN1c1cc(C(C)(C)C)cc(C(C)(C)C)c1. The van der Waals surface area contributed by atoms with E-state index in [1.54, 1.807) is 0 Å². The van der Waals surface area contributed by atoms with Crippen LogP contribution in [-0.2, 0) is 21.7 Å². The smallest absolute Gasteiger partial charge is 0.137 e. The topological polar surface area (TPSA) is 24.3 Å². The van der Waals surface area contributed by atoms with E-state index in [4.69, 9.17) is 4.98 Å². The molecule has 2 aromatic heterocycles. The number of pyridine rings is 1. The molecule has 346 valence electrons. The molecule has 0 saturated heterocycles. The normalized spacial score (nSPS) is 13.8. The Labute approximate surface area is 410 Å². The highest BCUT2D eigenvalue weighted by Crippen LogP contribution is 2.50. The summed E-state index contributed by atoms with van der Waals surface area (Å²) >= 11 is 0. The average Bonchev–Trinajstić information content (AvgIpc) is 3.84. The highest BCUT2D eigenvalue weighted by Gasteiger charge is 2.40. The fourth-order valence-electron chi connectivity index (χ4n) is 10.5. The zero-order valence-electron chi connectivity index (χ0n) is 42.4. The van der Waals surface area contributed by atoms with Gasteiger partial charge in [-0.2, -0.15) is 0 Å². The van der Waals surface area contributed by atoms with Crippen molar-refractivity contribution in [1.29, 1.82) is 0 Å². The number of para-hydroxylation sites is 1. The predicted molar refractivity (Wildman–Crippen MR) is 293 cm³/mol. The number of nitrogens with zero attached hydrogens (tertiary/aromatic N) is 4. The van der Waals surface area contributed by atoms with Crippen molar-refractivity contribution < 1.29 is 0 Å². The Morgan fingerprint density at radius 1 is 0.377 bits per heavy atom. The van der Waals surface area contributed by atoms with Gasteiger partial charge < -0.3 is 9.80 Å². The summed E-state index contributed by atoms with van der Waals surface area (Å²) in [5.74, 6) is 0.919. The van der Waals surface area contributed by atoms with Gasteiger partial charge in [-0.05, 0) is 135 Å². The van der Waals surface area contributed by atoms with Crippen LogP contribution in [0.15, 0.2) is 200 Å². The summed E-state index contributed by atoms with van der Waals surface area (Å²) in [7, 11) is 0. The van der Waals surface area contributed by atoms with E-state index >= 15 is 0 Å². The van der Waals surface area contributed by atoms with Crippen molar-refractivity contribution in [1.82, 2.24) is 9.55 Å². The zero-order chi connectivity index (χ0) is 48.5. The Kier molecular flexibility index (Phi) is 11.3. The van der Waals surface area contributed by atoms with Gasteiger partial charge in [-0.1, -0.05) is 190 Å². The molecule has 4 heteroatoms. The molecule has 3 heterocycles. The van der Waals surface area contributed by atoms with Crippen LogP contribution < -0.4 is 9.80 Å². The molecule has 0 spiro atoms. The number of allylic oxidation sites excluding steroid dienone is 2. The standard InChI is InChI=1S/C65H66N4/c1-44-45(2)68(56-38-52(63(6,7)8)37-53(39-56)64(9,10)11)43-67(44)55-36-47(46-23-15-12-16-24-46)35-54(40-55)65(48-25-17-13-18-26-48,49-27-19-14-20-28-49)51-31-32-58-57-29-21-22-30-59(57)69(60(58)41-51)61-42-50(33-34-66-61)62(3,4)5/h12-42H,43H2,1-11H3. The van der Waals surface area contributed by atoms with Crippen molar-refractivity contribution in [2.45, 2.75) is 97.8 Å². The molecule has 4 nitrogen and oxygen atoms in total. The zero-order valence-corrected chi connectivity index (χ0v) is 42.4. The van der Waals surface area contributed by atoms with Gasteiger partial charge in [0.2, 0.25) is 0 Å². The summed E-state index contributed by atoms with van der Waals surface area (Å²) in [4.78, 5) is 10.1. The molecule has 1 aliphatic heterocycles. The summed E-state index contributed by atoms with van der Waals surface area (Å²) in [5.41, 5.74) is 17.5. The number of hydrogen-bond donors (Lipinski definition) is 0. The first-order valence-corrected chi connectivity index (χ1v) is 24.6. The van der Waals surface area contributed by atoms with E-state index in [9.17, 15) is 0 Å². The summed E-state index contributed by atoms with van der Waals surface area (Å²) in [5, 5.41) is 2.41. The van der Waals surface area contributed by atoms with Crippen LogP contribution in [0.4, 0.5) is 11.4 Å². The monoisotopic (exact) mass is 903 g/mol. The molecule has 0 atom stereocenters.